The molecular formula is C24H28N4O4S. The lowest BCUT2D eigenvalue weighted by molar-refractivity contribution is -0.121. The predicted octanol–water partition coefficient (Wildman–Crippen LogP) is 3.91. The minimum Gasteiger partial charge on any atom is -0.493 e. The van der Waals surface area contributed by atoms with Crippen LogP contribution < -0.4 is 20.1 Å². The van der Waals surface area contributed by atoms with Gasteiger partial charge < -0.3 is 20.1 Å². The number of hydrogen-bond donors (Lipinski definition) is 2. The summed E-state index contributed by atoms with van der Waals surface area (Å²) in [6, 6.07) is 11.3. The van der Waals surface area contributed by atoms with Crippen LogP contribution in [0.4, 0.5) is 10.8 Å². The van der Waals surface area contributed by atoms with Crippen molar-refractivity contribution >= 4 is 44.2 Å². The Bertz CT molecular complexity index is 1150. The van der Waals surface area contributed by atoms with E-state index in [1.54, 1.807) is 32.4 Å². The first-order valence-electron chi connectivity index (χ1n) is 10.9. The Labute approximate surface area is 196 Å². The second kappa shape index (κ2) is 10.2. The maximum Gasteiger partial charge on any atom is 0.238 e. The number of likely N-dealkylation sites (tertiary alicyclic amines) is 1. The number of fused-ring (bicyclic) bond motifs is 1. The molecule has 0 saturated carbocycles. The fourth-order valence-electron chi connectivity index (χ4n) is 3.96. The zero-order valence-corrected chi connectivity index (χ0v) is 19.8. The molecule has 1 aromatic heterocycles. The molecule has 33 heavy (non-hydrogen) atoms. The van der Waals surface area contributed by atoms with Gasteiger partial charge in [0.1, 0.15) is 0 Å². The molecule has 2 amide bonds. The summed E-state index contributed by atoms with van der Waals surface area (Å²) in [7, 11) is 3.13. The van der Waals surface area contributed by atoms with E-state index in [1.807, 2.05) is 19.1 Å². The van der Waals surface area contributed by atoms with Crippen molar-refractivity contribution in [2.45, 2.75) is 19.8 Å². The zero-order chi connectivity index (χ0) is 23.4. The fourth-order valence-corrected chi connectivity index (χ4v) is 4.93. The van der Waals surface area contributed by atoms with Gasteiger partial charge in [0.05, 0.1) is 31.0 Å². The number of aryl methyl sites for hydroxylation is 1. The first-order chi connectivity index (χ1) is 15.9. The summed E-state index contributed by atoms with van der Waals surface area (Å²) >= 11 is 1.50. The van der Waals surface area contributed by atoms with Gasteiger partial charge >= 0.3 is 0 Å². The van der Waals surface area contributed by atoms with E-state index >= 15 is 0 Å². The highest BCUT2D eigenvalue weighted by Gasteiger charge is 2.26. The first-order valence-corrected chi connectivity index (χ1v) is 11.7. The molecule has 0 bridgehead atoms. The number of nitrogens with one attached hydrogen (secondary N) is 2. The van der Waals surface area contributed by atoms with Crippen LogP contribution in [-0.4, -0.2) is 55.6 Å². The maximum absolute atomic E-state index is 12.7. The molecular weight excluding hydrogens is 440 g/mol. The average molecular weight is 469 g/mol. The van der Waals surface area contributed by atoms with E-state index in [9.17, 15) is 9.59 Å². The van der Waals surface area contributed by atoms with Crippen LogP contribution in [0.3, 0.4) is 0 Å². The topological polar surface area (TPSA) is 92.8 Å². The van der Waals surface area contributed by atoms with Crippen molar-refractivity contribution in [3.63, 3.8) is 0 Å². The number of carbonyl (C=O) groups is 2. The van der Waals surface area contributed by atoms with Gasteiger partial charge in [0, 0.05) is 17.7 Å². The summed E-state index contributed by atoms with van der Waals surface area (Å²) in [5, 5.41) is 6.51. The molecule has 9 heteroatoms. The molecule has 1 aliphatic heterocycles. The largest absolute Gasteiger partial charge is 0.493 e. The van der Waals surface area contributed by atoms with Gasteiger partial charge in [-0.3, -0.25) is 14.5 Å². The van der Waals surface area contributed by atoms with Gasteiger partial charge in [-0.15, -0.1) is 0 Å². The zero-order valence-electron chi connectivity index (χ0n) is 19.0. The Morgan fingerprint density at radius 2 is 1.82 bits per heavy atom. The fraction of sp³-hybridized carbons (Fsp3) is 0.375. The molecule has 2 heterocycles. The van der Waals surface area contributed by atoms with Gasteiger partial charge in [-0.05, 0) is 62.7 Å². The molecule has 1 aliphatic rings. The van der Waals surface area contributed by atoms with E-state index in [0.717, 1.165) is 10.2 Å². The van der Waals surface area contributed by atoms with Crippen molar-refractivity contribution in [3.05, 3.63) is 42.0 Å². The van der Waals surface area contributed by atoms with Crippen LogP contribution in [0, 0.1) is 12.8 Å². The van der Waals surface area contributed by atoms with E-state index in [-0.39, 0.29) is 24.3 Å². The van der Waals surface area contributed by atoms with Crippen molar-refractivity contribution < 1.29 is 19.1 Å². The number of piperidine rings is 1. The third kappa shape index (κ3) is 5.61. The third-order valence-corrected chi connectivity index (χ3v) is 6.70. The summed E-state index contributed by atoms with van der Waals surface area (Å²) in [5.74, 6) is 0.987. The number of aromatic nitrogens is 1. The van der Waals surface area contributed by atoms with E-state index in [2.05, 4.69) is 26.6 Å². The smallest absolute Gasteiger partial charge is 0.238 e. The average Bonchev–Trinajstić information content (AvgIpc) is 3.20. The number of anilines is 2. The Morgan fingerprint density at radius 3 is 2.55 bits per heavy atom. The minimum absolute atomic E-state index is 0.000192. The molecule has 0 unspecified atom stereocenters. The lowest BCUT2D eigenvalue weighted by atomic mass is 9.96. The van der Waals surface area contributed by atoms with Gasteiger partial charge in [0.25, 0.3) is 0 Å². The summed E-state index contributed by atoms with van der Waals surface area (Å²) in [6.45, 7) is 3.70. The summed E-state index contributed by atoms with van der Waals surface area (Å²) in [5.41, 5.74) is 2.72. The quantitative estimate of drug-likeness (QED) is 0.546. The molecule has 0 aliphatic carbocycles. The Balaban J connectivity index is 1.26. The Morgan fingerprint density at radius 1 is 1.06 bits per heavy atom. The molecule has 1 fully saturated rings. The molecule has 174 valence electrons. The summed E-state index contributed by atoms with van der Waals surface area (Å²) < 4.78 is 11.6. The number of ether oxygens (including phenoxy) is 2. The van der Waals surface area contributed by atoms with Gasteiger partial charge in [0.2, 0.25) is 11.8 Å². The second-order valence-corrected chi connectivity index (χ2v) is 9.18. The summed E-state index contributed by atoms with van der Waals surface area (Å²) in [6.07, 6.45) is 1.42. The third-order valence-electron chi connectivity index (χ3n) is 5.77. The Kier molecular flexibility index (Phi) is 7.10. The normalized spacial score (nSPS) is 14.8. The number of methoxy groups -OCH3 is 2. The molecule has 1 saturated heterocycles. The maximum atomic E-state index is 12.7. The van der Waals surface area contributed by atoms with Crippen molar-refractivity contribution in [1.82, 2.24) is 9.88 Å². The van der Waals surface area contributed by atoms with E-state index in [0.29, 0.717) is 48.2 Å². The lowest BCUT2D eigenvalue weighted by Crippen LogP contribution is -2.41. The van der Waals surface area contributed by atoms with Crippen LogP contribution in [0.2, 0.25) is 0 Å². The molecule has 3 aromatic rings. The van der Waals surface area contributed by atoms with Gasteiger partial charge in [-0.25, -0.2) is 4.98 Å². The van der Waals surface area contributed by atoms with Crippen molar-refractivity contribution in [3.8, 4) is 11.5 Å². The SMILES string of the molecule is COc1ccc(NC(=O)CN2CCC(C(=O)Nc3nc4ccc(C)cc4s3)CC2)cc1OC. The standard InChI is InChI=1S/C24H28N4O4S/c1-15-4-6-18-21(12-15)33-24(26-18)27-23(30)16-8-10-28(11-9-16)14-22(29)25-17-5-7-19(31-2)20(13-17)32-3/h4-7,12-13,16H,8-11,14H2,1-3H3,(H,25,29)(H,26,27,30). The molecule has 0 atom stereocenters. The number of amides is 2. The van der Waals surface area contributed by atoms with Gasteiger partial charge in [-0.1, -0.05) is 17.4 Å². The van der Waals surface area contributed by atoms with Crippen LogP contribution in [0.15, 0.2) is 36.4 Å². The summed E-state index contributed by atoms with van der Waals surface area (Å²) in [4.78, 5) is 31.8. The minimum atomic E-state index is -0.102. The number of carbonyl (C=O) groups excluding carboxylic acids is 2. The molecule has 2 aromatic carbocycles. The van der Waals surface area contributed by atoms with E-state index < -0.39 is 0 Å². The molecule has 0 spiro atoms. The molecule has 0 radical (unpaired) electrons. The first kappa shape index (κ1) is 23.0. The van der Waals surface area contributed by atoms with Crippen LogP contribution in [-0.2, 0) is 9.59 Å². The second-order valence-electron chi connectivity index (χ2n) is 8.15. The number of nitrogens with zero attached hydrogens (tertiary/aromatic N) is 2. The van der Waals surface area contributed by atoms with Gasteiger partial charge in [-0.2, -0.15) is 0 Å². The molecule has 2 N–H and O–H groups in total. The van der Waals surface area contributed by atoms with Crippen LogP contribution >= 0.6 is 11.3 Å². The highest BCUT2D eigenvalue weighted by Crippen LogP contribution is 2.30. The molecule has 4 rings (SSSR count). The predicted molar refractivity (Wildman–Crippen MR) is 130 cm³/mol. The van der Waals surface area contributed by atoms with Crippen molar-refractivity contribution in [2.75, 3.05) is 44.5 Å². The van der Waals surface area contributed by atoms with E-state index in [4.69, 9.17) is 9.47 Å². The van der Waals surface area contributed by atoms with Crippen molar-refractivity contribution in [2.24, 2.45) is 5.92 Å². The van der Waals surface area contributed by atoms with Crippen LogP contribution in [0.25, 0.3) is 10.2 Å². The number of hydrogen-bond acceptors (Lipinski definition) is 7. The van der Waals surface area contributed by atoms with Crippen LogP contribution in [0.5, 0.6) is 11.5 Å². The highest BCUT2D eigenvalue weighted by atomic mass is 32.1. The molecule has 8 nitrogen and oxygen atoms in total. The number of rotatable bonds is 7. The number of benzene rings is 2. The Hall–Kier alpha value is -3.17. The van der Waals surface area contributed by atoms with Crippen LogP contribution in [0.1, 0.15) is 18.4 Å². The van der Waals surface area contributed by atoms with Gasteiger partial charge in [0.15, 0.2) is 16.6 Å². The lowest BCUT2D eigenvalue weighted by Gasteiger charge is -2.30. The van der Waals surface area contributed by atoms with Crippen molar-refractivity contribution in [1.29, 1.82) is 0 Å². The van der Waals surface area contributed by atoms with E-state index in [1.165, 1.54) is 16.9 Å². The number of thiazole rings is 1. The monoisotopic (exact) mass is 468 g/mol. The highest BCUT2D eigenvalue weighted by molar-refractivity contribution is 7.22.